The summed E-state index contributed by atoms with van der Waals surface area (Å²) in [5.41, 5.74) is 0.483. The van der Waals surface area contributed by atoms with Gasteiger partial charge in [-0.1, -0.05) is 12.1 Å². The monoisotopic (exact) mass is 302 g/mol. The van der Waals surface area contributed by atoms with E-state index in [1.165, 1.54) is 9.80 Å². The average molecular weight is 302 g/mol. The first-order valence-electron chi connectivity index (χ1n) is 7.12. The smallest absolute Gasteiger partial charge is 0.421 e. The van der Waals surface area contributed by atoms with E-state index in [1.807, 2.05) is 26.0 Å². The second kappa shape index (κ2) is 4.72. The van der Waals surface area contributed by atoms with Crippen LogP contribution in [-0.2, 0) is 4.74 Å². The van der Waals surface area contributed by atoms with E-state index in [4.69, 9.17) is 4.74 Å². The molecule has 2 heterocycles. The van der Waals surface area contributed by atoms with Crippen LogP contribution in [0.25, 0.3) is 0 Å². The van der Waals surface area contributed by atoms with E-state index in [0.29, 0.717) is 11.4 Å². The van der Waals surface area contributed by atoms with Gasteiger partial charge in [0, 0.05) is 7.05 Å². The molecule has 116 valence electrons. The molecule has 22 heavy (non-hydrogen) atoms. The molecule has 3 rings (SSSR count). The number of aliphatic imine (C=N–C) groups is 1. The minimum atomic E-state index is -0.740. The lowest BCUT2D eigenvalue weighted by atomic mass is 10.2. The maximum absolute atomic E-state index is 12.7. The second-order valence-electron chi connectivity index (χ2n) is 5.61. The Kier molecular flexibility index (Phi) is 3.09. The lowest BCUT2D eigenvalue weighted by Gasteiger charge is -2.40. The normalized spacial score (nSPS) is 18.8. The van der Waals surface area contributed by atoms with Crippen molar-refractivity contribution in [3.8, 4) is 0 Å². The molecule has 1 aromatic carbocycles. The fourth-order valence-corrected chi connectivity index (χ4v) is 2.52. The number of rotatable bonds is 1. The number of urea groups is 1. The molecule has 2 aliphatic rings. The van der Waals surface area contributed by atoms with E-state index >= 15 is 0 Å². The number of carbonyl (C=O) groups is 2. The molecule has 0 aliphatic carbocycles. The van der Waals surface area contributed by atoms with Gasteiger partial charge in [0.2, 0.25) is 5.96 Å². The maximum atomic E-state index is 12.7. The van der Waals surface area contributed by atoms with Crippen LogP contribution in [0.3, 0.4) is 0 Å². The van der Waals surface area contributed by atoms with Gasteiger partial charge in [-0.05, 0) is 32.9 Å². The van der Waals surface area contributed by atoms with Gasteiger partial charge in [-0.3, -0.25) is 0 Å². The number of nitrogens with zero attached hydrogens (tertiary/aromatic N) is 4. The van der Waals surface area contributed by atoms with Crippen LogP contribution < -0.4 is 9.80 Å². The van der Waals surface area contributed by atoms with Crippen molar-refractivity contribution >= 4 is 29.5 Å². The molecule has 7 nitrogen and oxygen atoms in total. The van der Waals surface area contributed by atoms with Gasteiger partial charge in [0.1, 0.15) is 5.66 Å². The van der Waals surface area contributed by atoms with Crippen LogP contribution in [0.1, 0.15) is 20.8 Å². The second-order valence-corrected chi connectivity index (χ2v) is 5.61. The van der Waals surface area contributed by atoms with E-state index < -0.39 is 11.8 Å². The predicted octanol–water partition coefficient (Wildman–Crippen LogP) is 2.63. The highest BCUT2D eigenvalue weighted by Crippen LogP contribution is 2.41. The van der Waals surface area contributed by atoms with E-state index in [2.05, 4.69) is 4.99 Å². The van der Waals surface area contributed by atoms with E-state index in [1.54, 1.807) is 31.0 Å². The summed E-state index contributed by atoms with van der Waals surface area (Å²) in [4.78, 5) is 34.0. The number of fused-ring (bicyclic) bond motifs is 3. The van der Waals surface area contributed by atoms with Crippen LogP contribution in [0.15, 0.2) is 29.3 Å². The summed E-state index contributed by atoms with van der Waals surface area (Å²) in [6.07, 6.45) is -0.538. The zero-order valence-electron chi connectivity index (χ0n) is 13.0. The number of benzene rings is 1. The van der Waals surface area contributed by atoms with Gasteiger partial charge < -0.3 is 9.64 Å². The summed E-state index contributed by atoms with van der Waals surface area (Å²) in [7, 11) is 1.69. The minimum absolute atomic E-state index is 0.228. The fourth-order valence-electron chi connectivity index (χ4n) is 2.52. The van der Waals surface area contributed by atoms with Gasteiger partial charge in [-0.15, -0.1) is 0 Å². The van der Waals surface area contributed by atoms with Crippen molar-refractivity contribution in [1.29, 1.82) is 0 Å². The molecule has 0 saturated heterocycles. The Balaban J connectivity index is 2.19. The molecule has 0 unspecified atom stereocenters. The highest BCUT2D eigenvalue weighted by molar-refractivity contribution is 6.35. The molecule has 0 bridgehead atoms. The van der Waals surface area contributed by atoms with Gasteiger partial charge in [0.05, 0.1) is 18.0 Å². The third kappa shape index (κ3) is 1.85. The van der Waals surface area contributed by atoms with Crippen molar-refractivity contribution in [2.75, 3.05) is 23.5 Å². The number of guanidine groups is 1. The molecule has 0 radical (unpaired) electrons. The Labute approximate surface area is 128 Å². The first kappa shape index (κ1) is 14.4. The van der Waals surface area contributed by atoms with Crippen molar-refractivity contribution in [1.82, 2.24) is 4.90 Å². The molecule has 2 aliphatic heterocycles. The third-order valence-corrected chi connectivity index (χ3v) is 3.89. The van der Waals surface area contributed by atoms with Crippen molar-refractivity contribution in [2.45, 2.75) is 26.4 Å². The Morgan fingerprint density at radius 3 is 2.55 bits per heavy atom. The van der Waals surface area contributed by atoms with Crippen molar-refractivity contribution in [2.24, 2.45) is 4.99 Å². The standard InChI is InChI=1S/C15H18N4O3/c1-5-22-14(21)19-11-9-7-6-8-10(11)18-12(19)16-15(2,3)17(4)13(18)20/h6-9H,5H2,1-4H3. The number of hydrogen-bond donors (Lipinski definition) is 0. The first-order valence-corrected chi connectivity index (χ1v) is 7.12. The molecule has 3 amide bonds. The van der Waals surface area contributed by atoms with E-state index in [0.717, 1.165) is 0 Å². The molecule has 7 heteroatoms. The van der Waals surface area contributed by atoms with Gasteiger partial charge in [-0.25, -0.2) is 24.4 Å². The van der Waals surface area contributed by atoms with Crippen LogP contribution >= 0.6 is 0 Å². The predicted molar refractivity (Wildman–Crippen MR) is 83.1 cm³/mol. The summed E-state index contributed by atoms with van der Waals surface area (Å²) in [6, 6.07) is 6.96. The fraction of sp³-hybridized carbons (Fsp3) is 0.400. The molecular formula is C15H18N4O3. The Morgan fingerprint density at radius 1 is 1.27 bits per heavy atom. The number of hydrogen-bond acceptors (Lipinski definition) is 4. The summed E-state index contributed by atoms with van der Waals surface area (Å²) in [6.45, 7) is 5.63. The lowest BCUT2D eigenvalue weighted by molar-refractivity contribution is 0.160. The van der Waals surface area contributed by atoms with Gasteiger partial charge in [0.15, 0.2) is 0 Å². The Morgan fingerprint density at radius 2 is 1.91 bits per heavy atom. The maximum Gasteiger partial charge on any atom is 0.421 e. The van der Waals surface area contributed by atoms with Crippen LogP contribution in [-0.4, -0.2) is 42.3 Å². The minimum Gasteiger partial charge on any atom is -0.449 e. The quantitative estimate of drug-likeness (QED) is 0.801. The number of anilines is 2. The summed E-state index contributed by atoms with van der Waals surface area (Å²) in [5, 5.41) is 0. The zero-order chi connectivity index (χ0) is 16.1. The molecule has 0 saturated carbocycles. The van der Waals surface area contributed by atoms with E-state index in [9.17, 15) is 9.59 Å². The van der Waals surface area contributed by atoms with Crippen molar-refractivity contribution in [3.63, 3.8) is 0 Å². The molecule has 0 N–H and O–H groups in total. The number of ether oxygens (including phenoxy) is 1. The number of amides is 3. The third-order valence-electron chi connectivity index (χ3n) is 3.89. The van der Waals surface area contributed by atoms with Crippen LogP contribution in [0.5, 0.6) is 0 Å². The molecule has 0 fully saturated rings. The first-order chi connectivity index (χ1) is 10.4. The molecule has 0 atom stereocenters. The Hall–Kier alpha value is -2.57. The van der Waals surface area contributed by atoms with E-state index in [-0.39, 0.29) is 18.6 Å². The lowest BCUT2D eigenvalue weighted by Crippen LogP contribution is -2.59. The van der Waals surface area contributed by atoms with Crippen molar-refractivity contribution in [3.05, 3.63) is 24.3 Å². The van der Waals surface area contributed by atoms with Crippen molar-refractivity contribution < 1.29 is 14.3 Å². The SMILES string of the molecule is CCOC(=O)N1C2=NC(C)(C)N(C)C(=O)N2c2ccccc21. The van der Waals surface area contributed by atoms with Crippen LogP contribution in [0.4, 0.5) is 21.0 Å². The van der Waals surface area contributed by atoms with Crippen LogP contribution in [0, 0.1) is 0 Å². The van der Waals surface area contributed by atoms with Gasteiger partial charge in [0.25, 0.3) is 0 Å². The largest absolute Gasteiger partial charge is 0.449 e. The average Bonchev–Trinajstić information content (AvgIpc) is 2.78. The number of carbonyl (C=O) groups excluding carboxylic acids is 2. The Bertz CT molecular complexity index is 683. The number of para-hydroxylation sites is 2. The molecule has 0 aromatic heterocycles. The van der Waals surface area contributed by atoms with Gasteiger partial charge >= 0.3 is 12.1 Å². The van der Waals surface area contributed by atoms with Gasteiger partial charge in [-0.2, -0.15) is 0 Å². The highest BCUT2D eigenvalue weighted by Gasteiger charge is 2.48. The molecular weight excluding hydrogens is 284 g/mol. The summed E-state index contributed by atoms with van der Waals surface area (Å²) < 4.78 is 5.12. The zero-order valence-corrected chi connectivity index (χ0v) is 13.0. The van der Waals surface area contributed by atoms with Crippen LogP contribution in [0.2, 0.25) is 0 Å². The molecule has 0 spiro atoms. The highest BCUT2D eigenvalue weighted by atomic mass is 16.6. The topological polar surface area (TPSA) is 65.5 Å². The molecule has 1 aromatic rings. The summed E-state index contributed by atoms with van der Waals surface area (Å²) in [5.74, 6) is 0.285. The summed E-state index contributed by atoms with van der Waals surface area (Å²) >= 11 is 0.